The molecule has 1 fully saturated rings. The lowest BCUT2D eigenvalue weighted by Gasteiger charge is -2.35. The van der Waals surface area contributed by atoms with E-state index in [2.05, 4.69) is 39.0 Å². The summed E-state index contributed by atoms with van der Waals surface area (Å²) in [4.78, 5) is 13.7. The predicted octanol–water partition coefficient (Wildman–Crippen LogP) is 1.54. The average molecular weight is 309 g/mol. The maximum Gasteiger partial charge on any atom is 0.162 e. The van der Waals surface area contributed by atoms with Crippen LogP contribution in [0, 0.1) is 0 Å². The molecule has 0 radical (unpaired) electrons. The molecule has 0 bridgehead atoms. The lowest BCUT2D eigenvalue weighted by molar-refractivity contribution is 0.127. The Morgan fingerprint density at radius 1 is 1.38 bits per heavy atom. The molecule has 0 aliphatic carbocycles. The van der Waals surface area contributed by atoms with Crippen molar-refractivity contribution in [3.05, 3.63) is 17.2 Å². The van der Waals surface area contributed by atoms with E-state index in [-0.39, 0.29) is 0 Å². The van der Waals surface area contributed by atoms with Gasteiger partial charge in [0.15, 0.2) is 5.65 Å². The van der Waals surface area contributed by atoms with Gasteiger partial charge in [-0.2, -0.15) is 5.10 Å². The number of hydrogen-bond acceptors (Lipinski definition) is 5. The Kier molecular flexibility index (Phi) is 4.10. The van der Waals surface area contributed by atoms with E-state index in [0.29, 0.717) is 17.7 Å². The molecule has 0 spiro atoms. The molecule has 0 saturated carbocycles. The highest BCUT2D eigenvalue weighted by Gasteiger charge is 2.22. The summed E-state index contributed by atoms with van der Waals surface area (Å²) >= 11 is 6.24. The van der Waals surface area contributed by atoms with Gasteiger partial charge < -0.3 is 4.90 Å². The van der Waals surface area contributed by atoms with Crippen LogP contribution in [0.1, 0.15) is 18.7 Å². The number of nitrogens with zero attached hydrogens (tertiary/aromatic N) is 6. The van der Waals surface area contributed by atoms with Crippen LogP contribution >= 0.6 is 11.6 Å². The highest BCUT2D eigenvalue weighted by atomic mass is 35.5. The van der Waals surface area contributed by atoms with Crippen LogP contribution in [0.3, 0.4) is 0 Å². The van der Waals surface area contributed by atoms with Crippen LogP contribution in [-0.4, -0.2) is 62.8 Å². The Labute approximate surface area is 129 Å². The first-order chi connectivity index (χ1) is 10.0. The smallest absolute Gasteiger partial charge is 0.162 e. The molecule has 1 aliphatic rings. The Morgan fingerprint density at radius 2 is 2.19 bits per heavy atom. The van der Waals surface area contributed by atoms with E-state index in [1.54, 1.807) is 10.9 Å². The summed E-state index contributed by atoms with van der Waals surface area (Å²) in [6.07, 6.45) is 4.18. The highest BCUT2D eigenvalue weighted by molar-refractivity contribution is 6.33. The van der Waals surface area contributed by atoms with Gasteiger partial charge >= 0.3 is 0 Å². The normalized spacial score (nSPS) is 20.5. The lowest BCUT2D eigenvalue weighted by Crippen LogP contribution is -2.44. The summed E-state index contributed by atoms with van der Waals surface area (Å²) < 4.78 is 1.74. The molecule has 0 amide bonds. The molecule has 0 N–H and O–H groups in total. The fraction of sp³-hybridized carbons (Fsp3) is 0.643. The van der Waals surface area contributed by atoms with Gasteiger partial charge in [-0.25, -0.2) is 9.97 Å². The zero-order valence-corrected chi connectivity index (χ0v) is 13.5. The molecular weight excluding hydrogens is 288 g/mol. The Morgan fingerprint density at radius 3 is 2.95 bits per heavy atom. The molecule has 1 unspecified atom stereocenters. The molecule has 1 aliphatic heterocycles. The molecule has 21 heavy (non-hydrogen) atoms. The van der Waals surface area contributed by atoms with Gasteiger partial charge in [-0.05, 0) is 33.5 Å². The first-order valence-corrected chi connectivity index (χ1v) is 7.65. The van der Waals surface area contributed by atoms with Crippen molar-refractivity contribution in [3.63, 3.8) is 0 Å². The van der Waals surface area contributed by atoms with Crippen molar-refractivity contribution in [3.8, 4) is 0 Å². The van der Waals surface area contributed by atoms with Crippen molar-refractivity contribution in [2.24, 2.45) is 7.05 Å². The van der Waals surface area contributed by atoms with E-state index in [0.717, 1.165) is 23.4 Å². The number of rotatable bonds is 3. The fourth-order valence-corrected chi connectivity index (χ4v) is 3.18. The minimum atomic E-state index is 0.484. The average Bonchev–Trinajstić information content (AvgIpc) is 2.81. The molecule has 2 aromatic rings. The van der Waals surface area contributed by atoms with Crippen LogP contribution in [0.2, 0.25) is 5.15 Å². The quantitative estimate of drug-likeness (QED) is 0.805. The van der Waals surface area contributed by atoms with E-state index >= 15 is 0 Å². The van der Waals surface area contributed by atoms with E-state index < -0.39 is 0 Å². The summed E-state index contributed by atoms with van der Waals surface area (Å²) in [5.74, 6) is 0.756. The lowest BCUT2D eigenvalue weighted by atomic mass is 10.1. The standard InChI is InChI=1S/C14H21ClN6/c1-19-6-4-5-10(8-19)20(2)9-12-17-13(15)11-7-16-21(3)14(11)18-12/h7,10H,4-6,8-9H2,1-3H3. The molecule has 3 heterocycles. The molecule has 1 atom stereocenters. The molecule has 2 aromatic heterocycles. The second-order valence-electron chi connectivity index (χ2n) is 5.91. The van der Waals surface area contributed by atoms with Gasteiger partial charge in [0, 0.05) is 19.6 Å². The van der Waals surface area contributed by atoms with Crippen molar-refractivity contribution in [2.45, 2.75) is 25.4 Å². The zero-order chi connectivity index (χ0) is 15.0. The van der Waals surface area contributed by atoms with E-state index in [1.807, 2.05) is 7.05 Å². The first-order valence-electron chi connectivity index (χ1n) is 7.27. The number of likely N-dealkylation sites (tertiary alicyclic amines) is 1. The third kappa shape index (κ3) is 3.02. The number of aromatic nitrogens is 4. The maximum absolute atomic E-state index is 6.24. The molecular formula is C14H21ClN6. The van der Waals surface area contributed by atoms with Crippen LogP contribution in [-0.2, 0) is 13.6 Å². The van der Waals surface area contributed by atoms with Crippen LogP contribution in [0.4, 0.5) is 0 Å². The molecule has 1 saturated heterocycles. The second-order valence-corrected chi connectivity index (χ2v) is 6.27. The van der Waals surface area contributed by atoms with E-state index in [4.69, 9.17) is 11.6 Å². The monoisotopic (exact) mass is 308 g/mol. The van der Waals surface area contributed by atoms with Crippen LogP contribution in [0.5, 0.6) is 0 Å². The second kappa shape index (κ2) is 5.87. The minimum Gasteiger partial charge on any atom is -0.305 e. The van der Waals surface area contributed by atoms with Crippen molar-refractivity contribution in [2.75, 3.05) is 27.2 Å². The summed E-state index contributed by atoms with van der Waals surface area (Å²) in [5.41, 5.74) is 0.791. The molecule has 6 nitrogen and oxygen atoms in total. The number of aryl methyl sites for hydroxylation is 1. The zero-order valence-electron chi connectivity index (χ0n) is 12.8. The van der Waals surface area contributed by atoms with Gasteiger partial charge in [0.05, 0.1) is 18.1 Å². The number of piperidine rings is 1. The SMILES string of the molecule is CN1CCCC(N(C)Cc2nc(Cl)c3cnn(C)c3n2)C1. The van der Waals surface area contributed by atoms with E-state index in [1.165, 1.54) is 19.4 Å². The molecule has 114 valence electrons. The number of likely N-dealkylation sites (N-methyl/N-ethyl adjacent to an activating group) is 2. The summed E-state index contributed by atoms with van der Waals surface area (Å²) in [6.45, 7) is 2.99. The maximum atomic E-state index is 6.24. The van der Waals surface area contributed by atoms with Crippen LogP contribution in [0.25, 0.3) is 11.0 Å². The van der Waals surface area contributed by atoms with Crippen LogP contribution in [0.15, 0.2) is 6.20 Å². The highest BCUT2D eigenvalue weighted by Crippen LogP contribution is 2.21. The van der Waals surface area contributed by atoms with Gasteiger partial charge in [0.1, 0.15) is 11.0 Å². The summed E-state index contributed by atoms with van der Waals surface area (Å²) in [6, 6.07) is 0.549. The van der Waals surface area contributed by atoms with Gasteiger partial charge in [0.2, 0.25) is 0 Å². The Bertz CT molecular complexity index is 640. The predicted molar refractivity (Wildman–Crippen MR) is 83.3 cm³/mol. The van der Waals surface area contributed by atoms with Crippen molar-refractivity contribution in [1.82, 2.24) is 29.5 Å². The summed E-state index contributed by atoms with van der Waals surface area (Å²) in [5, 5.41) is 5.48. The molecule has 3 rings (SSSR count). The van der Waals surface area contributed by atoms with E-state index in [9.17, 15) is 0 Å². The first kappa shape index (κ1) is 14.7. The molecule has 7 heteroatoms. The topological polar surface area (TPSA) is 50.1 Å². The van der Waals surface area contributed by atoms with Gasteiger partial charge in [-0.3, -0.25) is 9.58 Å². The van der Waals surface area contributed by atoms with Gasteiger partial charge in [-0.1, -0.05) is 11.6 Å². The van der Waals surface area contributed by atoms with Gasteiger partial charge in [-0.15, -0.1) is 0 Å². The largest absolute Gasteiger partial charge is 0.305 e. The fourth-order valence-electron chi connectivity index (χ4n) is 2.95. The third-order valence-electron chi connectivity index (χ3n) is 4.21. The van der Waals surface area contributed by atoms with Gasteiger partial charge in [0.25, 0.3) is 0 Å². The van der Waals surface area contributed by atoms with Crippen LogP contribution < -0.4 is 0 Å². The molecule has 0 aromatic carbocycles. The Balaban J connectivity index is 1.79. The van der Waals surface area contributed by atoms with Crippen molar-refractivity contribution >= 4 is 22.6 Å². The number of halogens is 1. The Hall–Kier alpha value is -1.24. The summed E-state index contributed by atoms with van der Waals surface area (Å²) in [7, 11) is 6.18. The minimum absolute atomic E-state index is 0.484. The van der Waals surface area contributed by atoms with Crippen molar-refractivity contribution in [1.29, 1.82) is 0 Å². The number of fused-ring (bicyclic) bond motifs is 1. The number of hydrogen-bond donors (Lipinski definition) is 0. The third-order valence-corrected chi connectivity index (χ3v) is 4.49. The van der Waals surface area contributed by atoms with Crippen molar-refractivity contribution < 1.29 is 0 Å².